The third-order valence-electron chi connectivity index (χ3n) is 5.86. The lowest BCUT2D eigenvalue weighted by Crippen LogP contribution is -2.52. The molecule has 1 amide bonds. The maximum Gasteiger partial charge on any atom is 0.432 e. The Labute approximate surface area is 199 Å². The molecule has 0 bridgehead atoms. The molecule has 0 saturated carbocycles. The van der Waals surface area contributed by atoms with Gasteiger partial charge in [0, 0.05) is 42.1 Å². The van der Waals surface area contributed by atoms with Crippen molar-refractivity contribution in [3.05, 3.63) is 70.9 Å². The Balaban J connectivity index is 1.94. The Kier molecular flexibility index (Phi) is 7.33. The molecule has 1 aliphatic rings. The number of benzene rings is 2. The zero-order valence-electron chi connectivity index (χ0n) is 19.4. The number of amides is 1. The van der Waals surface area contributed by atoms with E-state index in [0.717, 1.165) is 25.5 Å². The first kappa shape index (κ1) is 26.3. The summed E-state index contributed by atoms with van der Waals surface area (Å²) in [5.41, 5.74) is -4.79. The van der Waals surface area contributed by atoms with Crippen LogP contribution < -0.4 is 10.3 Å². The lowest BCUT2D eigenvalue weighted by Gasteiger charge is -2.35. The number of hydrazone groups is 1. The van der Waals surface area contributed by atoms with Crippen molar-refractivity contribution < 1.29 is 31.1 Å². The van der Waals surface area contributed by atoms with Gasteiger partial charge in [0.15, 0.2) is 0 Å². The molecule has 1 aliphatic heterocycles. The molecular formula is C25H25F6N3O. The Hall–Kier alpha value is -3.30. The molecule has 2 aromatic rings. The van der Waals surface area contributed by atoms with Crippen LogP contribution in [0.15, 0.2) is 53.8 Å². The van der Waals surface area contributed by atoms with E-state index in [1.807, 2.05) is 6.08 Å². The summed E-state index contributed by atoms with van der Waals surface area (Å²) in [4.78, 5) is 12.8. The van der Waals surface area contributed by atoms with Crippen LogP contribution >= 0.6 is 0 Å². The Morgan fingerprint density at radius 3 is 2.23 bits per heavy atom. The van der Waals surface area contributed by atoms with Crippen molar-refractivity contribution in [2.45, 2.75) is 57.8 Å². The summed E-state index contributed by atoms with van der Waals surface area (Å²) in [7, 11) is 0. The summed E-state index contributed by atoms with van der Waals surface area (Å²) in [6, 6.07) is 7.92. The first-order valence-corrected chi connectivity index (χ1v) is 11.0. The predicted octanol–water partition coefficient (Wildman–Crippen LogP) is 7.29. The highest BCUT2D eigenvalue weighted by Gasteiger charge is 2.71. The molecule has 0 spiro atoms. The molecule has 0 aliphatic carbocycles. The molecule has 0 aromatic heterocycles. The summed E-state index contributed by atoms with van der Waals surface area (Å²) in [6.07, 6.45) is -0.970. The average molecular weight is 497 g/mol. The zero-order chi connectivity index (χ0) is 26.0. The standard InChI is InChI=1S/C25H25F6N3O/c1-4-17-15-19(24(28,25(29,30)31)23(26,27)5-2)14-16(3)21(17)33-22(35)18-8-10-20(11-9-18)34-13-7-6-12-32-34/h7-15H,4-6H2,1-3H3,(H,33,35). The van der Waals surface area contributed by atoms with E-state index in [1.165, 1.54) is 6.92 Å². The van der Waals surface area contributed by atoms with E-state index < -0.39 is 35.7 Å². The van der Waals surface area contributed by atoms with Gasteiger partial charge in [0.2, 0.25) is 0 Å². The molecule has 2 aromatic carbocycles. The highest BCUT2D eigenvalue weighted by Crippen LogP contribution is 2.54. The molecule has 1 atom stereocenters. The number of aryl methyl sites for hydroxylation is 2. The zero-order valence-corrected chi connectivity index (χ0v) is 19.4. The molecule has 1 N–H and O–H groups in total. The van der Waals surface area contributed by atoms with Gasteiger partial charge in [-0.3, -0.25) is 4.79 Å². The largest absolute Gasteiger partial charge is 0.432 e. The molecule has 0 saturated heterocycles. The van der Waals surface area contributed by atoms with Gasteiger partial charge in [0.1, 0.15) is 0 Å². The van der Waals surface area contributed by atoms with Crippen LogP contribution in [0.2, 0.25) is 0 Å². The molecule has 4 nitrogen and oxygen atoms in total. The smallest absolute Gasteiger partial charge is 0.321 e. The van der Waals surface area contributed by atoms with E-state index in [9.17, 15) is 26.7 Å². The minimum atomic E-state index is -5.84. The summed E-state index contributed by atoms with van der Waals surface area (Å²) in [5.74, 6) is -5.23. The van der Waals surface area contributed by atoms with E-state index in [1.54, 1.807) is 48.6 Å². The molecule has 10 heteroatoms. The predicted molar refractivity (Wildman–Crippen MR) is 124 cm³/mol. The maximum atomic E-state index is 15.2. The number of hydrogen-bond acceptors (Lipinski definition) is 3. The van der Waals surface area contributed by atoms with Gasteiger partial charge < -0.3 is 5.32 Å². The third-order valence-corrected chi connectivity index (χ3v) is 5.86. The maximum absolute atomic E-state index is 15.2. The highest BCUT2D eigenvalue weighted by molar-refractivity contribution is 6.05. The van der Waals surface area contributed by atoms with E-state index in [4.69, 9.17) is 0 Å². The van der Waals surface area contributed by atoms with Crippen LogP contribution in [-0.4, -0.2) is 24.2 Å². The van der Waals surface area contributed by atoms with Crippen molar-refractivity contribution in [3.63, 3.8) is 0 Å². The lowest BCUT2D eigenvalue weighted by atomic mass is 9.84. The summed E-state index contributed by atoms with van der Waals surface area (Å²) in [6.45, 7) is 3.70. The highest BCUT2D eigenvalue weighted by atomic mass is 19.4. The van der Waals surface area contributed by atoms with Crippen LogP contribution in [0.5, 0.6) is 0 Å². The molecule has 35 heavy (non-hydrogen) atoms. The van der Waals surface area contributed by atoms with E-state index in [2.05, 4.69) is 10.4 Å². The van der Waals surface area contributed by atoms with Crippen molar-refractivity contribution in [2.24, 2.45) is 5.10 Å². The van der Waals surface area contributed by atoms with Crippen molar-refractivity contribution >= 4 is 23.5 Å². The minimum absolute atomic E-state index is 0.0373. The van der Waals surface area contributed by atoms with Gasteiger partial charge in [-0.2, -0.15) is 18.3 Å². The molecule has 188 valence electrons. The molecule has 0 fully saturated rings. The normalized spacial score (nSPS) is 15.7. The van der Waals surface area contributed by atoms with Crippen LogP contribution in [0.1, 0.15) is 53.7 Å². The van der Waals surface area contributed by atoms with Gasteiger partial charge in [-0.1, -0.05) is 26.0 Å². The molecule has 1 heterocycles. The van der Waals surface area contributed by atoms with Crippen LogP contribution in [0.3, 0.4) is 0 Å². The van der Waals surface area contributed by atoms with Gasteiger partial charge >= 0.3 is 6.18 Å². The second-order valence-corrected chi connectivity index (χ2v) is 8.16. The number of alkyl halides is 6. The first-order valence-electron chi connectivity index (χ1n) is 11.0. The number of rotatable bonds is 7. The van der Waals surface area contributed by atoms with Crippen LogP contribution in [0.4, 0.5) is 37.7 Å². The lowest BCUT2D eigenvalue weighted by molar-refractivity contribution is -0.310. The fourth-order valence-electron chi connectivity index (χ4n) is 3.84. The number of nitrogens with one attached hydrogen (secondary N) is 1. The molecule has 3 rings (SSSR count). The van der Waals surface area contributed by atoms with Gasteiger partial charge in [-0.15, -0.1) is 0 Å². The van der Waals surface area contributed by atoms with Crippen LogP contribution in [-0.2, 0) is 12.1 Å². The quantitative estimate of drug-likeness (QED) is 0.408. The van der Waals surface area contributed by atoms with E-state index in [-0.39, 0.29) is 28.8 Å². The number of carbonyl (C=O) groups is 1. The van der Waals surface area contributed by atoms with E-state index in [0.29, 0.717) is 5.69 Å². The number of anilines is 2. The summed E-state index contributed by atoms with van der Waals surface area (Å²) in [5, 5.41) is 8.45. The van der Waals surface area contributed by atoms with Crippen molar-refractivity contribution in [3.8, 4) is 0 Å². The first-order chi connectivity index (χ1) is 16.4. The van der Waals surface area contributed by atoms with Crippen LogP contribution in [0, 0.1) is 6.92 Å². The van der Waals surface area contributed by atoms with Crippen molar-refractivity contribution in [1.82, 2.24) is 0 Å². The number of carbonyl (C=O) groups excluding carboxylic acids is 1. The van der Waals surface area contributed by atoms with Crippen molar-refractivity contribution in [2.75, 3.05) is 10.3 Å². The minimum Gasteiger partial charge on any atom is -0.321 e. The van der Waals surface area contributed by atoms with Gasteiger partial charge in [0.05, 0.1) is 5.69 Å². The summed E-state index contributed by atoms with van der Waals surface area (Å²) < 4.78 is 84.5. The van der Waals surface area contributed by atoms with Crippen LogP contribution in [0.25, 0.3) is 0 Å². The number of allylic oxidation sites excluding steroid dienone is 1. The monoisotopic (exact) mass is 497 g/mol. The Morgan fingerprint density at radius 2 is 1.71 bits per heavy atom. The number of hydrogen-bond donors (Lipinski definition) is 1. The fourth-order valence-corrected chi connectivity index (χ4v) is 3.84. The number of nitrogens with zero attached hydrogens (tertiary/aromatic N) is 2. The van der Waals surface area contributed by atoms with E-state index >= 15 is 4.39 Å². The Morgan fingerprint density at radius 1 is 1.06 bits per heavy atom. The van der Waals surface area contributed by atoms with Gasteiger partial charge in [0.25, 0.3) is 17.5 Å². The second kappa shape index (κ2) is 9.75. The van der Waals surface area contributed by atoms with Gasteiger partial charge in [-0.05, 0) is 54.8 Å². The van der Waals surface area contributed by atoms with Crippen molar-refractivity contribution in [1.29, 1.82) is 0 Å². The number of halogens is 6. The molecule has 0 radical (unpaired) electrons. The van der Waals surface area contributed by atoms with Gasteiger partial charge in [-0.25, -0.2) is 18.2 Å². The fraction of sp³-hybridized carbons (Fsp3) is 0.360. The Bertz CT molecular complexity index is 1130. The third kappa shape index (κ3) is 4.92. The average Bonchev–Trinajstić information content (AvgIpc) is 2.84. The topological polar surface area (TPSA) is 44.7 Å². The summed E-state index contributed by atoms with van der Waals surface area (Å²) >= 11 is 0. The second-order valence-electron chi connectivity index (χ2n) is 8.16. The molecule has 1 unspecified atom stereocenters. The molecular weight excluding hydrogens is 472 g/mol. The SMILES string of the molecule is CCc1cc(C(F)(C(F)(F)F)C(F)(F)CC)cc(C)c1NC(=O)c1ccc(N2C=CCC=N2)cc1.